The van der Waals surface area contributed by atoms with Crippen molar-refractivity contribution in [3.05, 3.63) is 107 Å². The molecule has 0 saturated heterocycles. The third-order valence-corrected chi connectivity index (χ3v) is 6.19. The highest BCUT2D eigenvalue weighted by Crippen LogP contribution is 2.41. The number of hydrogen-bond donors (Lipinski definition) is 1. The Kier molecular flexibility index (Phi) is 9.50. The van der Waals surface area contributed by atoms with Gasteiger partial charge in [0.25, 0.3) is 11.8 Å². The number of amides is 2. The molecule has 0 spiro atoms. The smallest absolute Gasteiger partial charge is 0.271 e. The van der Waals surface area contributed by atoms with E-state index >= 15 is 0 Å². The molecule has 0 aliphatic heterocycles. The van der Waals surface area contributed by atoms with E-state index in [2.05, 4.69) is 15.5 Å². The molecule has 4 aromatic rings. The van der Waals surface area contributed by atoms with Crippen LogP contribution in [0.15, 0.2) is 90.3 Å². The van der Waals surface area contributed by atoms with Crippen molar-refractivity contribution < 1.29 is 28.5 Å². The molecule has 10 nitrogen and oxygen atoms in total. The molecule has 3 aromatic carbocycles. The number of nitrogens with zero attached hydrogens (tertiary/aromatic N) is 3. The first-order valence-electron chi connectivity index (χ1n) is 12.6. The number of carbonyl (C=O) groups excluding carboxylic acids is 2. The van der Waals surface area contributed by atoms with Crippen LogP contribution in [-0.2, 0) is 6.54 Å². The van der Waals surface area contributed by atoms with E-state index < -0.39 is 5.91 Å². The lowest BCUT2D eigenvalue weighted by Crippen LogP contribution is -2.30. The predicted molar refractivity (Wildman–Crippen MR) is 155 cm³/mol. The third-order valence-electron chi connectivity index (χ3n) is 6.19. The first-order chi connectivity index (χ1) is 20.0. The number of ether oxygens (including phenoxy) is 4. The summed E-state index contributed by atoms with van der Waals surface area (Å²) in [5.74, 6) is 1.24. The van der Waals surface area contributed by atoms with Gasteiger partial charge in [0, 0.05) is 35.7 Å². The molecule has 0 aliphatic rings. The van der Waals surface area contributed by atoms with Crippen molar-refractivity contribution in [2.24, 2.45) is 5.10 Å². The van der Waals surface area contributed by atoms with Crippen LogP contribution < -0.4 is 29.3 Å². The van der Waals surface area contributed by atoms with Crippen molar-refractivity contribution in [2.45, 2.75) is 6.54 Å². The maximum atomic E-state index is 13.9. The molecule has 41 heavy (non-hydrogen) atoms. The molecule has 0 bridgehead atoms. The quantitative estimate of drug-likeness (QED) is 0.211. The standard InChI is InChI=1S/C31H30N4O6/c1-38-26-11-5-22(6-12-26)20-35(25-17-27(39-2)29(41-4)28(18-25)40-3)31(37)24-9-7-23(8-10-24)30(36)34-33-19-21-13-15-32-16-14-21/h5-19H,20H2,1-4H3,(H,34,36)/b33-19+. The molecule has 4 rings (SSSR count). The van der Waals surface area contributed by atoms with Crippen LogP contribution in [0.3, 0.4) is 0 Å². The van der Waals surface area contributed by atoms with Crippen LogP contribution in [-0.4, -0.2) is 51.5 Å². The summed E-state index contributed by atoms with van der Waals surface area (Å²) in [5.41, 5.74) is 5.42. The molecule has 0 atom stereocenters. The number of carbonyl (C=O) groups is 2. The highest BCUT2D eigenvalue weighted by Gasteiger charge is 2.23. The number of benzene rings is 3. The van der Waals surface area contributed by atoms with Gasteiger partial charge in [0.15, 0.2) is 11.5 Å². The summed E-state index contributed by atoms with van der Waals surface area (Å²) in [7, 11) is 6.14. The number of methoxy groups -OCH3 is 4. The van der Waals surface area contributed by atoms with E-state index in [9.17, 15) is 9.59 Å². The van der Waals surface area contributed by atoms with Crippen molar-refractivity contribution in [3.63, 3.8) is 0 Å². The summed E-state index contributed by atoms with van der Waals surface area (Å²) in [6, 6.07) is 20.7. The average molecular weight is 555 g/mol. The van der Waals surface area contributed by atoms with Crippen LogP contribution in [0, 0.1) is 0 Å². The van der Waals surface area contributed by atoms with E-state index in [1.54, 1.807) is 72.9 Å². The molecule has 1 aromatic heterocycles. The zero-order chi connectivity index (χ0) is 29.2. The van der Waals surface area contributed by atoms with Gasteiger partial charge in [-0.05, 0) is 59.7 Å². The third kappa shape index (κ3) is 6.99. The van der Waals surface area contributed by atoms with Crippen molar-refractivity contribution in [1.29, 1.82) is 0 Å². The number of anilines is 1. The minimum Gasteiger partial charge on any atom is -0.497 e. The summed E-state index contributed by atoms with van der Waals surface area (Å²) in [4.78, 5) is 32.0. The normalized spacial score (nSPS) is 10.6. The average Bonchev–Trinajstić information content (AvgIpc) is 3.03. The van der Waals surface area contributed by atoms with E-state index in [1.807, 2.05) is 24.3 Å². The fourth-order valence-corrected chi connectivity index (χ4v) is 4.02. The molecule has 2 amide bonds. The van der Waals surface area contributed by atoms with Crippen LogP contribution in [0.25, 0.3) is 0 Å². The Morgan fingerprint density at radius 3 is 1.98 bits per heavy atom. The maximum absolute atomic E-state index is 13.9. The summed E-state index contributed by atoms with van der Waals surface area (Å²) in [6.45, 7) is 0.243. The first kappa shape index (κ1) is 28.6. The molecule has 10 heteroatoms. The molecular weight excluding hydrogens is 524 g/mol. The highest BCUT2D eigenvalue weighted by atomic mass is 16.5. The van der Waals surface area contributed by atoms with Gasteiger partial charge in [-0.1, -0.05) is 12.1 Å². The van der Waals surface area contributed by atoms with Gasteiger partial charge in [-0.15, -0.1) is 0 Å². The van der Waals surface area contributed by atoms with E-state index in [4.69, 9.17) is 18.9 Å². The molecule has 210 valence electrons. The van der Waals surface area contributed by atoms with E-state index in [1.165, 1.54) is 27.5 Å². The molecule has 1 heterocycles. The zero-order valence-corrected chi connectivity index (χ0v) is 23.2. The Labute approximate surface area is 238 Å². The van der Waals surface area contributed by atoms with E-state index in [0.29, 0.717) is 39.8 Å². The molecular formula is C31H30N4O6. The number of hydrazone groups is 1. The van der Waals surface area contributed by atoms with Gasteiger partial charge in [-0.25, -0.2) is 5.43 Å². The van der Waals surface area contributed by atoms with E-state index in [-0.39, 0.29) is 12.5 Å². The highest BCUT2D eigenvalue weighted by molar-refractivity contribution is 6.07. The van der Waals surface area contributed by atoms with Gasteiger partial charge in [0.1, 0.15) is 5.75 Å². The maximum Gasteiger partial charge on any atom is 0.271 e. The fraction of sp³-hybridized carbons (Fsp3) is 0.161. The number of pyridine rings is 1. The predicted octanol–water partition coefficient (Wildman–Crippen LogP) is 4.73. The zero-order valence-electron chi connectivity index (χ0n) is 23.2. The van der Waals surface area contributed by atoms with Crippen LogP contribution in [0.1, 0.15) is 31.8 Å². The fourth-order valence-electron chi connectivity index (χ4n) is 4.02. The van der Waals surface area contributed by atoms with Crippen LogP contribution in [0.2, 0.25) is 0 Å². The lowest BCUT2D eigenvalue weighted by molar-refractivity contribution is 0.0951. The summed E-state index contributed by atoms with van der Waals surface area (Å²) >= 11 is 0. The van der Waals surface area contributed by atoms with Crippen LogP contribution in [0.5, 0.6) is 23.0 Å². The van der Waals surface area contributed by atoms with Crippen molar-refractivity contribution >= 4 is 23.7 Å². The molecule has 0 unspecified atom stereocenters. The Morgan fingerprint density at radius 1 is 0.805 bits per heavy atom. The lowest BCUT2D eigenvalue weighted by atomic mass is 10.1. The molecule has 0 radical (unpaired) electrons. The number of rotatable bonds is 11. The minimum atomic E-state index is -0.408. The second-order valence-corrected chi connectivity index (χ2v) is 8.68. The Morgan fingerprint density at radius 2 is 1.41 bits per heavy atom. The summed E-state index contributed by atoms with van der Waals surface area (Å²) < 4.78 is 21.8. The largest absolute Gasteiger partial charge is 0.497 e. The van der Waals surface area contributed by atoms with Gasteiger partial charge < -0.3 is 23.8 Å². The van der Waals surface area contributed by atoms with Crippen molar-refractivity contribution in [3.8, 4) is 23.0 Å². The monoisotopic (exact) mass is 554 g/mol. The summed E-state index contributed by atoms with van der Waals surface area (Å²) in [6.07, 6.45) is 4.79. The molecule has 0 fully saturated rings. The number of aromatic nitrogens is 1. The number of hydrogen-bond acceptors (Lipinski definition) is 8. The van der Waals surface area contributed by atoms with E-state index in [0.717, 1.165) is 11.1 Å². The SMILES string of the molecule is COc1ccc(CN(C(=O)c2ccc(C(=O)N/N=C/c3ccncc3)cc2)c2cc(OC)c(OC)c(OC)c2)cc1. The first-order valence-corrected chi connectivity index (χ1v) is 12.6. The van der Waals surface area contributed by atoms with Gasteiger partial charge >= 0.3 is 0 Å². The second-order valence-electron chi connectivity index (χ2n) is 8.68. The summed E-state index contributed by atoms with van der Waals surface area (Å²) in [5, 5.41) is 3.98. The topological polar surface area (TPSA) is 112 Å². The van der Waals surface area contributed by atoms with Gasteiger partial charge in [-0.2, -0.15) is 5.10 Å². The minimum absolute atomic E-state index is 0.243. The second kappa shape index (κ2) is 13.6. The van der Waals surface area contributed by atoms with Crippen LogP contribution >= 0.6 is 0 Å². The van der Waals surface area contributed by atoms with Crippen molar-refractivity contribution in [2.75, 3.05) is 33.3 Å². The molecule has 1 N–H and O–H groups in total. The molecule has 0 saturated carbocycles. The van der Waals surface area contributed by atoms with Gasteiger partial charge in [0.2, 0.25) is 5.75 Å². The Bertz CT molecular complexity index is 1480. The Balaban J connectivity index is 1.61. The Hall–Kier alpha value is -5.38. The lowest BCUT2D eigenvalue weighted by Gasteiger charge is -2.25. The van der Waals surface area contributed by atoms with Crippen molar-refractivity contribution in [1.82, 2.24) is 10.4 Å². The number of nitrogens with one attached hydrogen (secondary N) is 1. The van der Waals surface area contributed by atoms with Crippen LogP contribution in [0.4, 0.5) is 5.69 Å². The molecule has 0 aliphatic carbocycles. The van der Waals surface area contributed by atoms with Gasteiger partial charge in [0.05, 0.1) is 46.9 Å². The van der Waals surface area contributed by atoms with Gasteiger partial charge in [-0.3, -0.25) is 14.6 Å².